The summed E-state index contributed by atoms with van der Waals surface area (Å²) in [6.45, 7) is 6.65. The van der Waals surface area contributed by atoms with E-state index >= 15 is 0 Å². The van der Waals surface area contributed by atoms with Gasteiger partial charge in [-0.05, 0) is 29.4 Å². The Morgan fingerprint density at radius 3 is 2.14 bits per heavy atom. The molecule has 1 saturated carbocycles. The van der Waals surface area contributed by atoms with Crippen molar-refractivity contribution in [3.8, 4) is 0 Å². The zero-order chi connectivity index (χ0) is 10.3. The van der Waals surface area contributed by atoms with Crippen LogP contribution < -0.4 is 5.73 Å². The second kappa shape index (κ2) is 3.09. The first-order chi connectivity index (χ1) is 6.54. The van der Waals surface area contributed by atoms with Gasteiger partial charge in [0, 0.05) is 5.54 Å². The molecule has 0 spiro atoms. The normalized spacial score (nSPS) is 30.8. The van der Waals surface area contributed by atoms with Gasteiger partial charge in [0.05, 0.1) is 0 Å². The Balaban J connectivity index is 2.23. The van der Waals surface area contributed by atoms with Gasteiger partial charge in [-0.1, -0.05) is 45.0 Å². The Bertz CT molecular complexity index is 326. The lowest BCUT2D eigenvalue weighted by molar-refractivity contribution is 0.664. The molecule has 2 atom stereocenters. The van der Waals surface area contributed by atoms with Crippen molar-refractivity contribution in [3.05, 3.63) is 35.4 Å². The third-order valence-electron chi connectivity index (χ3n) is 3.48. The third-order valence-corrected chi connectivity index (χ3v) is 3.48. The van der Waals surface area contributed by atoms with Crippen LogP contribution in [0.4, 0.5) is 0 Å². The van der Waals surface area contributed by atoms with Crippen molar-refractivity contribution in [1.82, 2.24) is 0 Å². The van der Waals surface area contributed by atoms with Crippen molar-refractivity contribution in [1.29, 1.82) is 0 Å². The van der Waals surface area contributed by atoms with Gasteiger partial charge in [-0.3, -0.25) is 0 Å². The van der Waals surface area contributed by atoms with Crippen LogP contribution in [0.3, 0.4) is 0 Å². The van der Waals surface area contributed by atoms with E-state index in [1.807, 2.05) is 0 Å². The van der Waals surface area contributed by atoms with Gasteiger partial charge < -0.3 is 5.73 Å². The van der Waals surface area contributed by atoms with Crippen molar-refractivity contribution >= 4 is 0 Å². The Morgan fingerprint density at radius 1 is 1.29 bits per heavy atom. The van der Waals surface area contributed by atoms with Crippen LogP contribution in [-0.2, 0) is 5.54 Å². The Hall–Kier alpha value is -0.820. The predicted octanol–water partition coefficient (Wildman–Crippen LogP) is 3.00. The van der Waals surface area contributed by atoms with E-state index in [0.29, 0.717) is 11.8 Å². The number of rotatable bonds is 2. The predicted molar refractivity (Wildman–Crippen MR) is 60.2 cm³/mol. The maximum atomic E-state index is 6.24. The van der Waals surface area contributed by atoms with Crippen molar-refractivity contribution in [2.75, 3.05) is 0 Å². The fourth-order valence-electron chi connectivity index (χ4n) is 2.03. The molecule has 2 rings (SSSR count). The molecule has 0 unspecified atom stereocenters. The largest absolute Gasteiger partial charge is 0.321 e. The van der Waals surface area contributed by atoms with Crippen molar-refractivity contribution < 1.29 is 0 Å². The van der Waals surface area contributed by atoms with E-state index in [2.05, 4.69) is 45.0 Å². The summed E-state index contributed by atoms with van der Waals surface area (Å²) < 4.78 is 0. The van der Waals surface area contributed by atoms with Crippen molar-refractivity contribution in [2.45, 2.75) is 38.6 Å². The number of nitrogens with two attached hydrogens (primary N) is 1. The molecule has 0 saturated heterocycles. The number of benzene rings is 1. The molecule has 0 amide bonds. The zero-order valence-electron chi connectivity index (χ0n) is 9.25. The summed E-state index contributed by atoms with van der Waals surface area (Å²) in [6.07, 6.45) is 1.13. The van der Waals surface area contributed by atoms with Gasteiger partial charge >= 0.3 is 0 Å². The van der Waals surface area contributed by atoms with Gasteiger partial charge in [0.15, 0.2) is 0 Å². The van der Waals surface area contributed by atoms with Crippen LogP contribution in [0.1, 0.15) is 44.2 Å². The molecular formula is C13H19N. The average molecular weight is 189 g/mol. The first-order valence-corrected chi connectivity index (χ1v) is 5.43. The fraction of sp³-hybridized carbons (Fsp3) is 0.538. The number of hydrogen-bond donors (Lipinski definition) is 1. The van der Waals surface area contributed by atoms with E-state index in [0.717, 1.165) is 6.42 Å². The van der Waals surface area contributed by atoms with Crippen LogP contribution in [0, 0.1) is 5.92 Å². The molecule has 1 fully saturated rings. The molecule has 1 aliphatic carbocycles. The van der Waals surface area contributed by atoms with E-state index in [1.54, 1.807) is 0 Å². The molecule has 76 valence electrons. The first-order valence-electron chi connectivity index (χ1n) is 5.43. The van der Waals surface area contributed by atoms with E-state index in [9.17, 15) is 0 Å². The van der Waals surface area contributed by atoms with Gasteiger partial charge in [0.1, 0.15) is 0 Å². The Kier molecular flexibility index (Phi) is 2.15. The molecule has 0 aliphatic heterocycles. The van der Waals surface area contributed by atoms with E-state index in [1.165, 1.54) is 11.1 Å². The molecule has 1 aromatic rings. The van der Waals surface area contributed by atoms with Crippen LogP contribution in [0.25, 0.3) is 0 Å². The molecule has 1 heteroatoms. The first kappa shape index (κ1) is 9.72. The standard InChI is InChI=1S/C13H19N/c1-9(2)11-4-6-12(7-5-11)13(14)8-10(13)3/h4-7,9-10H,8,14H2,1-3H3/t10-,13-/m1/s1. The minimum atomic E-state index is -0.0183. The van der Waals surface area contributed by atoms with Crippen LogP contribution in [0.5, 0.6) is 0 Å². The molecule has 1 aliphatic rings. The minimum Gasteiger partial charge on any atom is -0.321 e. The SMILES string of the molecule is CC(C)c1ccc([C@@]2(N)C[C@H]2C)cc1. The molecule has 0 aromatic heterocycles. The second-order valence-electron chi connectivity index (χ2n) is 4.92. The van der Waals surface area contributed by atoms with Gasteiger partial charge in [0.25, 0.3) is 0 Å². The summed E-state index contributed by atoms with van der Waals surface area (Å²) in [5, 5.41) is 0. The highest BCUT2D eigenvalue weighted by Crippen LogP contribution is 2.49. The maximum Gasteiger partial charge on any atom is 0.0439 e. The average Bonchev–Trinajstić information content (AvgIpc) is 2.76. The van der Waals surface area contributed by atoms with Crippen LogP contribution in [0.2, 0.25) is 0 Å². The van der Waals surface area contributed by atoms with Gasteiger partial charge in [-0.25, -0.2) is 0 Å². The van der Waals surface area contributed by atoms with Crippen LogP contribution in [0.15, 0.2) is 24.3 Å². The third kappa shape index (κ3) is 1.46. The lowest BCUT2D eigenvalue weighted by Crippen LogP contribution is -2.21. The van der Waals surface area contributed by atoms with E-state index in [4.69, 9.17) is 5.73 Å². The van der Waals surface area contributed by atoms with Crippen molar-refractivity contribution in [2.24, 2.45) is 11.7 Å². The number of hydrogen-bond acceptors (Lipinski definition) is 1. The van der Waals surface area contributed by atoms with E-state index in [-0.39, 0.29) is 5.54 Å². The summed E-state index contributed by atoms with van der Waals surface area (Å²) in [5.74, 6) is 1.25. The van der Waals surface area contributed by atoms with Crippen LogP contribution >= 0.6 is 0 Å². The molecule has 14 heavy (non-hydrogen) atoms. The Labute approximate surface area is 86.3 Å². The summed E-state index contributed by atoms with van der Waals surface area (Å²) in [4.78, 5) is 0. The zero-order valence-corrected chi connectivity index (χ0v) is 9.25. The molecule has 1 nitrogen and oxygen atoms in total. The highest BCUT2D eigenvalue weighted by atomic mass is 14.8. The Morgan fingerprint density at radius 2 is 1.79 bits per heavy atom. The van der Waals surface area contributed by atoms with E-state index < -0.39 is 0 Å². The maximum absolute atomic E-state index is 6.24. The summed E-state index contributed by atoms with van der Waals surface area (Å²) in [7, 11) is 0. The monoisotopic (exact) mass is 189 g/mol. The lowest BCUT2D eigenvalue weighted by Gasteiger charge is -2.12. The molecule has 0 heterocycles. The second-order valence-corrected chi connectivity index (χ2v) is 4.92. The van der Waals surface area contributed by atoms with Gasteiger partial charge in [0.2, 0.25) is 0 Å². The van der Waals surface area contributed by atoms with Gasteiger partial charge in [-0.2, -0.15) is 0 Å². The minimum absolute atomic E-state index is 0.0183. The molecule has 2 N–H and O–H groups in total. The molecular weight excluding hydrogens is 170 g/mol. The molecule has 1 aromatic carbocycles. The molecule has 0 bridgehead atoms. The summed E-state index contributed by atoms with van der Waals surface area (Å²) in [5.41, 5.74) is 8.91. The summed E-state index contributed by atoms with van der Waals surface area (Å²) >= 11 is 0. The highest BCUT2D eigenvalue weighted by molar-refractivity contribution is 5.34. The quantitative estimate of drug-likeness (QED) is 0.760. The highest BCUT2D eigenvalue weighted by Gasteiger charge is 2.48. The van der Waals surface area contributed by atoms with Crippen LogP contribution in [-0.4, -0.2) is 0 Å². The lowest BCUT2D eigenvalue weighted by atomic mass is 9.97. The topological polar surface area (TPSA) is 26.0 Å². The van der Waals surface area contributed by atoms with Gasteiger partial charge in [-0.15, -0.1) is 0 Å². The molecule has 0 radical (unpaired) electrons. The fourth-order valence-corrected chi connectivity index (χ4v) is 2.03. The smallest absolute Gasteiger partial charge is 0.0439 e. The van der Waals surface area contributed by atoms with Crippen molar-refractivity contribution in [3.63, 3.8) is 0 Å². The summed E-state index contributed by atoms with van der Waals surface area (Å²) in [6, 6.07) is 8.80.